The Kier molecular flexibility index (Phi) is 22.6. The third kappa shape index (κ3) is 22.3. The molecule has 1 amide bonds. The number of allylic oxidation sites excluding steroid dienone is 1. The summed E-state index contributed by atoms with van der Waals surface area (Å²) in [6.45, 7) is 4.33. The van der Waals surface area contributed by atoms with Gasteiger partial charge in [0.2, 0.25) is 5.91 Å². The van der Waals surface area contributed by atoms with Gasteiger partial charge in [0.15, 0.2) is 0 Å². The van der Waals surface area contributed by atoms with Gasteiger partial charge < -0.3 is 15.5 Å². The van der Waals surface area contributed by atoms with E-state index in [1.54, 1.807) is 6.08 Å². The molecule has 0 aliphatic rings. The lowest BCUT2D eigenvalue weighted by molar-refractivity contribution is -0.130. The monoisotopic (exact) mass is 533 g/mol. The van der Waals surface area contributed by atoms with Crippen molar-refractivity contribution in [1.82, 2.24) is 5.32 Å². The van der Waals surface area contributed by atoms with Crippen LogP contribution in [0.4, 0.5) is 0 Å². The van der Waals surface area contributed by atoms with E-state index in [2.05, 4.69) is 19.2 Å². The van der Waals surface area contributed by atoms with Crippen molar-refractivity contribution in [3.8, 4) is 0 Å². The minimum Gasteiger partial charge on any atom is -0.387 e. The van der Waals surface area contributed by atoms with Gasteiger partial charge in [0.25, 0.3) is 10.1 Å². The highest BCUT2D eigenvalue weighted by molar-refractivity contribution is 7.85. The Morgan fingerprint density at radius 1 is 0.750 bits per heavy atom. The summed E-state index contributed by atoms with van der Waals surface area (Å²) < 4.78 is 31.9. The molecule has 214 valence electrons. The van der Waals surface area contributed by atoms with E-state index in [9.17, 15) is 28.0 Å². The Balaban J connectivity index is 4.08. The van der Waals surface area contributed by atoms with Gasteiger partial charge in [-0.3, -0.25) is 9.35 Å². The lowest BCUT2D eigenvalue weighted by Gasteiger charge is -2.22. The molecule has 3 atom stereocenters. The smallest absolute Gasteiger partial charge is 0.267 e. The highest BCUT2D eigenvalue weighted by atomic mass is 32.2. The molecule has 7 nitrogen and oxygen atoms in total. The van der Waals surface area contributed by atoms with Crippen molar-refractivity contribution in [2.45, 2.75) is 154 Å². The van der Waals surface area contributed by atoms with Crippen molar-refractivity contribution in [3.63, 3.8) is 0 Å². The first-order chi connectivity index (χ1) is 17.2. The predicted octanol–water partition coefficient (Wildman–Crippen LogP) is 6.09. The minimum absolute atomic E-state index is 0.283. The Bertz CT molecular complexity index is 652. The number of rotatable bonds is 25. The zero-order valence-corrected chi connectivity index (χ0v) is 23.8. The molecule has 0 rings (SSSR count). The number of hydrogen-bond donors (Lipinski definition) is 4. The summed E-state index contributed by atoms with van der Waals surface area (Å²) in [6, 6.07) is -1.22. The van der Waals surface area contributed by atoms with Crippen molar-refractivity contribution in [3.05, 3.63) is 12.2 Å². The number of amides is 1. The molecule has 36 heavy (non-hydrogen) atoms. The number of nitrogens with one attached hydrogen (secondary N) is 1. The van der Waals surface area contributed by atoms with E-state index in [-0.39, 0.29) is 6.42 Å². The zero-order chi connectivity index (χ0) is 27.1. The van der Waals surface area contributed by atoms with E-state index in [4.69, 9.17) is 0 Å². The highest BCUT2D eigenvalue weighted by Gasteiger charge is 2.27. The molecule has 0 saturated carbocycles. The first kappa shape index (κ1) is 35.0. The van der Waals surface area contributed by atoms with Crippen LogP contribution in [0.5, 0.6) is 0 Å². The second-order valence-corrected chi connectivity index (χ2v) is 11.7. The molecule has 0 saturated heterocycles. The van der Waals surface area contributed by atoms with Gasteiger partial charge in [0.05, 0.1) is 17.9 Å². The topological polar surface area (TPSA) is 124 Å². The molecule has 0 fully saturated rings. The third-order valence-corrected chi connectivity index (χ3v) is 7.35. The maximum Gasteiger partial charge on any atom is 0.267 e. The number of carbonyl (C=O) groups is 1. The van der Waals surface area contributed by atoms with Crippen LogP contribution >= 0.6 is 0 Å². The fraction of sp³-hybridized carbons (Fsp3) is 0.893. The van der Waals surface area contributed by atoms with Crippen molar-refractivity contribution in [1.29, 1.82) is 0 Å². The fourth-order valence-electron chi connectivity index (χ4n) is 4.28. The van der Waals surface area contributed by atoms with Crippen LogP contribution in [0.15, 0.2) is 12.2 Å². The second kappa shape index (κ2) is 23.2. The second-order valence-electron chi connectivity index (χ2n) is 10.2. The average Bonchev–Trinajstić information content (AvgIpc) is 2.82. The van der Waals surface area contributed by atoms with Gasteiger partial charge in [-0.2, -0.15) is 8.42 Å². The normalized spacial score (nSPS) is 14.7. The van der Waals surface area contributed by atoms with Crippen LogP contribution in [0.2, 0.25) is 0 Å². The molecule has 8 heteroatoms. The fourth-order valence-corrected chi connectivity index (χ4v) is 5.01. The number of carbonyl (C=O) groups excluding carboxylic acids is 1. The molecule has 0 aromatic carbocycles. The van der Waals surface area contributed by atoms with E-state index < -0.39 is 40.0 Å². The first-order valence-electron chi connectivity index (χ1n) is 14.5. The lowest BCUT2D eigenvalue weighted by atomic mass is 10.0. The van der Waals surface area contributed by atoms with Gasteiger partial charge in [0, 0.05) is 0 Å². The SMILES string of the molecule is CCCCC/C=C/C(O)C(CS(=O)(=O)O)NC(=O)C(O)CCCCCCCCCCCCCCCC. The first-order valence-corrected chi connectivity index (χ1v) is 16.1. The van der Waals surface area contributed by atoms with E-state index in [0.29, 0.717) is 6.42 Å². The summed E-state index contributed by atoms with van der Waals surface area (Å²) in [7, 11) is -4.41. The van der Waals surface area contributed by atoms with Gasteiger partial charge in [-0.25, -0.2) is 0 Å². The summed E-state index contributed by atoms with van der Waals surface area (Å²) in [4.78, 5) is 12.4. The maximum atomic E-state index is 12.4. The molecule has 0 heterocycles. The van der Waals surface area contributed by atoms with E-state index in [0.717, 1.165) is 44.9 Å². The van der Waals surface area contributed by atoms with Crippen molar-refractivity contribution < 1.29 is 28.0 Å². The summed E-state index contributed by atoms with van der Waals surface area (Å²) in [5, 5.41) is 22.9. The number of unbranched alkanes of at least 4 members (excludes halogenated alkanes) is 16. The molecule has 0 bridgehead atoms. The van der Waals surface area contributed by atoms with Gasteiger partial charge in [-0.1, -0.05) is 129 Å². The van der Waals surface area contributed by atoms with E-state index >= 15 is 0 Å². The summed E-state index contributed by atoms with van der Waals surface area (Å²) in [5.74, 6) is -1.54. The highest BCUT2D eigenvalue weighted by Crippen LogP contribution is 2.14. The van der Waals surface area contributed by atoms with Crippen LogP contribution in [-0.4, -0.2) is 53.1 Å². The molecular formula is C28H55NO6S. The molecule has 0 aliphatic heterocycles. The third-order valence-electron chi connectivity index (χ3n) is 6.57. The van der Waals surface area contributed by atoms with Crippen LogP contribution in [0.1, 0.15) is 136 Å². The average molecular weight is 534 g/mol. The van der Waals surface area contributed by atoms with Gasteiger partial charge in [-0.05, 0) is 19.3 Å². The Morgan fingerprint density at radius 2 is 1.19 bits per heavy atom. The van der Waals surface area contributed by atoms with Crippen LogP contribution < -0.4 is 5.32 Å². The number of aliphatic hydroxyl groups is 2. The maximum absolute atomic E-state index is 12.4. The zero-order valence-electron chi connectivity index (χ0n) is 23.0. The molecular weight excluding hydrogens is 478 g/mol. The number of hydrogen-bond acceptors (Lipinski definition) is 5. The Labute approximate surface area is 221 Å². The van der Waals surface area contributed by atoms with Crippen LogP contribution in [0.25, 0.3) is 0 Å². The largest absolute Gasteiger partial charge is 0.387 e. The quantitative estimate of drug-likeness (QED) is 0.0640. The van der Waals surface area contributed by atoms with Gasteiger partial charge in [0.1, 0.15) is 6.10 Å². The van der Waals surface area contributed by atoms with Crippen molar-refractivity contribution >= 4 is 16.0 Å². The van der Waals surface area contributed by atoms with Crippen molar-refractivity contribution in [2.24, 2.45) is 0 Å². The molecule has 0 aromatic rings. The molecule has 4 N–H and O–H groups in total. The Morgan fingerprint density at radius 3 is 1.67 bits per heavy atom. The summed E-state index contributed by atoms with van der Waals surface area (Å²) in [6.07, 6.45) is 21.8. The lowest BCUT2D eigenvalue weighted by Crippen LogP contribution is -2.50. The van der Waals surface area contributed by atoms with Crippen molar-refractivity contribution in [2.75, 3.05) is 5.75 Å². The predicted molar refractivity (Wildman–Crippen MR) is 149 cm³/mol. The summed E-state index contributed by atoms with van der Waals surface area (Å²) in [5.41, 5.74) is 0. The van der Waals surface area contributed by atoms with Crippen LogP contribution in [-0.2, 0) is 14.9 Å². The molecule has 0 aromatic heterocycles. The molecule has 0 spiro atoms. The Hall–Kier alpha value is -0.960. The van der Waals surface area contributed by atoms with Crippen LogP contribution in [0.3, 0.4) is 0 Å². The van der Waals surface area contributed by atoms with Gasteiger partial charge in [-0.15, -0.1) is 0 Å². The van der Waals surface area contributed by atoms with Crippen LogP contribution in [0, 0.1) is 0 Å². The molecule has 0 radical (unpaired) electrons. The van der Waals surface area contributed by atoms with E-state index in [1.165, 1.54) is 70.3 Å². The molecule has 0 aliphatic carbocycles. The van der Waals surface area contributed by atoms with E-state index in [1.807, 2.05) is 0 Å². The van der Waals surface area contributed by atoms with Gasteiger partial charge >= 0.3 is 0 Å². The minimum atomic E-state index is -4.41. The molecule has 3 unspecified atom stereocenters. The number of aliphatic hydroxyl groups excluding tert-OH is 2. The standard InChI is InChI=1S/C28H55NO6S/c1-3-5-7-9-10-11-12-13-14-15-16-17-19-21-23-27(31)28(32)29-25(24-36(33,34)35)26(30)22-20-18-8-6-4-2/h20,22,25-27,30-31H,3-19,21,23-24H2,1-2H3,(H,29,32)(H,33,34,35)/b22-20+. The summed E-state index contributed by atoms with van der Waals surface area (Å²) >= 11 is 0.